The Morgan fingerprint density at radius 2 is 2.00 bits per heavy atom. The van der Waals surface area contributed by atoms with Crippen molar-refractivity contribution in [1.82, 2.24) is 9.80 Å². The van der Waals surface area contributed by atoms with E-state index in [9.17, 15) is 9.59 Å². The van der Waals surface area contributed by atoms with Crippen molar-refractivity contribution >= 4 is 12.0 Å². The van der Waals surface area contributed by atoms with E-state index in [-0.39, 0.29) is 18.0 Å². The molecule has 1 atom stereocenters. The number of carbonyl (C=O) groups excluding carboxylic acids is 2. The number of ether oxygens (including phenoxy) is 1. The Hall–Kier alpha value is -2.04. The number of carbonyl (C=O) groups is 2. The van der Waals surface area contributed by atoms with Crippen LogP contribution in [-0.4, -0.2) is 54.1 Å². The van der Waals surface area contributed by atoms with Crippen molar-refractivity contribution in [2.75, 3.05) is 26.2 Å². The van der Waals surface area contributed by atoms with E-state index in [4.69, 9.17) is 4.74 Å². The number of rotatable bonds is 5. The Morgan fingerprint density at radius 3 is 2.74 bits per heavy atom. The van der Waals surface area contributed by atoms with Gasteiger partial charge in [-0.15, -0.1) is 0 Å². The number of nitrogens with zero attached hydrogens (tertiary/aromatic N) is 2. The number of likely N-dealkylation sites (tertiary alicyclic amines) is 1. The number of benzene rings is 1. The molecule has 0 aromatic heterocycles. The van der Waals surface area contributed by atoms with Gasteiger partial charge >= 0.3 is 6.09 Å². The lowest BCUT2D eigenvalue weighted by atomic mass is 9.95. The van der Waals surface area contributed by atoms with Crippen LogP contribution in [0.15, 0.2) is 30.3 Å². The van der Waals surface area contributed by atoms with Gasteiger partial charge in [-0.2, -0.15) is 0 Å². The van der Waals surface area contributed by atoms with Gasteiger partial charge in [0.2, 0.25) is 5.91 Å². The zero-order chi connectivity index (χ0) is 16.1. The minimum absolute atomic E-state index is 0.158. The van der Waals surface area contributed by atoms with Gasteiger partial charge in [0, 0.05) is 25.6 Å². The van der Waals surface area contributed by atoms with Crippen LogP contribution in [-0.2, 0) is 16.0 Å². The van der Waals surface area contributed by atoms with Gasteiger partial charge in [0.1, 0.15) is 6.61 Å². The van der Waals surface area contributed by atoms with Crippen LogP contribution in [0.2, 0.25) is 0 Å². The van der Waals surface area contributed by atoms with Gasteiger partial charge in [-0.3, -0.25) is 4.79 Å². The third-order valence-corrected chi connectivity index (χ3v) is 4.70. The van der Waals surface area contributed by atoms with E-state index < -0.39 is 0 Å². The summed E-state index contributed by atoms with van der Waals surface area (Å²) in [6.45, 7) is 2.33. The molecule has 0 saturated carbocycles. The molecule has 0 spiro atoms. The standard InChI is InChI=1S/C18H24N2O3/c21-17(9-11-19-12-13-23-18(19)22)20-10-5-4-8-16(20)14-15-6-2-1-3-7-15/h1-3,6-7,16H,4-5,8-14H2. The molecule has 1 aromatic rings. The summed E-state index contributed by atoms with van der Waals surface area (Å²) >= 11 is 0. The largest absolute Gasteiger partial charge is 0.448 e. The van der Waals surface area contributed by atoms with Gasteiger partial charge < -0.3 is 14.5 Å². The third kappa shape index (κ3) is 4.03. The van der Waals surface area contributed by atoms with E-state index >= 15 is 0 Å². The summed E-state index contributed by atoms with van der Waals surface area (Å²) in [7, 11) is 0. The number of piperidine rings is 1. The highest BCUT2D eigenvalue weighted by molar-refractivity contribution is 5.78. The average Bonchev–Trinajstić information content (AvgIpc) is 2.99. The maximum absolute atomic E-state index is 12.6. The predicted molar refractivity (Wildman–Crippen MR) is 87.0 cm³/mol. The number of hydrogen-bond donors (Lipinski definition) is 0. The van der Waals surface area contributed by atoms with Crippen molar-refractivity contribution in [2.24, 2.45) is 0 Å². The zero-order valence-corrected chi connectivity index (χ0v) is 13.4. The van der Waals surface area contributed by atoms with Gasteiger partial charge in [-0.25, -0.2) is 4.79 Å². The smallest absolute Gasteiger partial charge is 0.409 e. The molecule has 3 rings (SSSR count). The van der Waals surface area contributed by atoms with Crippen molar-refractivity contribution in [1.29, 1.82) is 0 Å². The molecule has 23 heavy (non-hydrogen) atoms. The highest BCUT2D eigenvalue weighted by atomic mass is 16.6. The summed E-state index contributed by atoms with van der Waals surface area (Å²) < 4.78 is 4.91. The Bertz CT molecular complexity index is 546. The first-order valence-electron chi connectivity index (χ1n) is 8.49. The van der Waals surface area contributed by atoms with Crippen LogP contribution < -0.4 is 0 Å². The Balaban J connectivity index is 1.56. The Labute approximate surface area is 137 Å². The summed E-state index contributed by atoms with van der Waals surface area (Å²) in [5, 5.41) is 0. The maximum atomic E-state index is 12.6. The maximum Gasteiger partial charge on any atom is 0.409 e. The van der Waals surface area contributed by atoms with Gasteiger partial charge in [-0.1, -0.05) is 30.3 Å². The van der Waals surface area contributed by atoms with Gasteiger partial charge in [-0.05, 0) is 31.2 Å². The van der Waals surface area contributed by atoms with Crippen LogP contribution in [0.5, 0.6) is 0 Å². The van der Waals surface area contributed by atoms with Crippen LogP contribution in [0.25, 0.3) is 0 Å². The fourth-order valence-corrected chi connectivity index (χ4v) is 3.43. The first-order valence-corrected chi connectivity index (χ1v) is 8.49. The normalized spacial score (nSPS) is 21.4. The second-order valence-electron chi connectivity index (χ2n) is 6.28. The van der Waals surface area contributed by atoms with Crippen molar-refractivity contribution in [3.63, 3.8) is 0 Å². The molecule has 5 heteroatoms. The highest BCUT2D eigenvalue weighted by Crippen LogP contribution is 2.22. The van der Waals surface area contributed by atoms with Crippen molar-refractivity contribution in [3.05, 3.63) is 35.9 Å². The van der Waals surface area contributed by atoms with Crippen LogP contribution >= 0.6 is 0 Å². The van der Waals surface area contributed by atoms with Gasteiger partial charge in [0.15, 0.2) is 0 Å². The van der Waals surface area contributed by atoms with Crippen molar-refractivity contribution < 1.29 is 14.3 Å². The first kappa shape index (κ1) is 15.8. The van der Waals surface area contributed by atoms with E-state index in [2.05, 4.69) is 12.1 Å². The molecular weight excluding hydrogens is 292 g/mol. The monoisotopic (exact) mass is 316 g/mol. The number of amides is 2. The molecule has 0 bridgehead atoms. The number of cyclic esters (lactones) is 1. The predicted octanol–water partition coefficient (Wildman–Crippen LogP) is 2.45. The molecule has 0 aliphatic carbocycles. The molecular formula is C18H24N2O3. The summed E-state index contributed by atoms with van der Waals surface area (Å²) in [6.07, 6.45) is 4.32. The molecule has 1 aromatic carbocycles. The summed E-state index contributed by atoms with van der Waals surface area (Å²) in [6, 6.07) is 10.6. The third-order valence-electron chi connectivity index (χ3n) is 4.70. The van der Waals surface area contributed by atoms with Crippen molar-refractivity contribution in [3.8, 4) is 0 Å². The van der Waals surface area contributed by atoms with Gasteiger partial charge in [0.25, 0.3) is 0 Å². The second-order valence-corrected chi connectivity index (χ2v) is 6.28. The molecule has 0 N–H and O–H groups in total. The molecule has 1 unspecified atom stereocenters. The molecule has 2 heterocycles. The molecule has 2 amide bonds. The van der Waals surface area contributed by atoms with E-state index in [1.54, 1.807) is 4.90 Å². The zero-order valence-electron chi connectivity index (χ0n) is 13.4. The Morgan fingerprint density at radius 1 is 1.17 bits per heavy atom. The van der Waals surface area contributed by atoms with Crippen LogP contribution in [0.3, 0.4) is 0 Å². The van der Waals surface area contributed by atoms with E-state index in [1.807, 2.05) is 23.1 Å². The van der Waals surface area contributed by atoms with E-state index in [0.29, 0.717) is 26.1 Å². The molecule has 2 fully saturated rings. The molecule has 2 aliphatic rings. The van der Waals surface area contributed by atoms with E-state index in [1.165, 1.54) is 12.0 Å². The Kier molecular flexibility index (Phi) is 5.16. The minimum atomic E-state index is -0.294. The fourth-order valence-electron chi connectivity index (χ4n) is 3.43. The van der Waals surface area contributed by atoms with Crippen LogP contribution in [0, 0.1) is 0 Å². The lowest BCUT2D eigenvalue weighted by Gasteiger charge is -2.36. The first-order chi connectivity index (χ1) is 11.2. The minimum Gasteiger partial charge on any atom is -0.448 e. The van der Waals surface area contributed by atoms with Crippen molar-refractivity contribution in [2.45, 2.75) is 38.1 Å². The van der Waals surface area contributed by atoms with Gasteiger partial charge in [0.05, 0.1) is 6.54 Å². The average molecular weight is 316 g/mol. The molecule has 2 saturated heterocycles. The summed E-state index contributed by atoms with van der Waals surface area (Å²) in [5.74, 6) is 0.158. The molecule has 5 nitrogen and oxygen atoms in total. The topological polar surface area (TPSA) is 49.9 Å². The quantitative estimate of drug-likeness (QED) is 0.838. The van der Waals surface area contributed by atoms with E-state index in [0.717, 1.165) is 25.8 Å². The molecule has 2 aliphatic heterocycles. The second kappa shape index (κ2) is 7.49. The SMILES string of the molecule is O=C1OCCN1CCC(=O)N1CCCCC1Cc1ccccc1. The van der Waals surface area contributed by atoms with Crippen LogP contribution in [0.1, 0.15) is 31.2 Å². The lowest BCUT2D eigenvalue weighted by Crippen LogP contribution is -2.45. The lowest BCUT2D eigenvalue weighted by molar-refractivity contribution is -0.135. The number of hydrogen-bond acceptors (Lipinski definition) is 3. The summed E-state index contributed by atoms with van der Waals surface area (Å²) in [5.41, 5.74) is 1.28. The fraction of sp³-hybridized carbons (Fsp3) is 0.556. The molecule has 124 valence electrons. The summed E-state index contributed by atoms with van der Waals surface area (Å²) in [4.78, 5) is 27.7. The highest BCUT2D eigenvalue weighted by Gasteiger charge is 2.28. The molecule has 0 radical (unpaired) electrons. The van der Waals surface area contributed by atoms with Crippen LogP contribution in [0.4, 0.5) is 4.79 Å².